The molecule has 0 saturated heterocycles. The van der Waals surface area contributed by atoms with Gasteiger partial charge in [0, 0.05) is 17.4 Å². The van der Waals surface area contributed by atoms with E-state index in [0.29, 0.717) is 16.9 Å². The number of rotatable bonds is 1. The van der Waals surface area contributed by atoms with E-state index in [1.54, 1.807) is 42.6 Å². The zero-order valence-corrected chi connectivity index (χ0v) is 8.92. The Balaban J connectivity index is 2.24. The summed E-state index contributed by atoms with van der Waals surface area (Å²) in [6.45, 7) is 0. The third kappa shape index (κ3) is 1.28. The molecule has 1 aromatic heterocycles. The molecule has 4 heteroatoms. The highest BCUT2D eigenvalue weighted by Gasteiger charge is 2.47. The Bertz CT molecular complexity index is 583. The number of hydrogen-bond donors (Lipinski definition) is 2. The number of carbonyl (C=O) groups excluding carboxylic acids is 1. The van der Waals surface area contributed by atoms with E-state index < -0.39 is 11.5 Å². The van der Waals surface area contributed by atoms with Crippen molar-refractivity contribution in [2.24, 2.45) is 0 Å². The third-order valence-electron chi connectivity index (χ3n) is 2.93. The number of hydrogen-bond acceptors (Lipinski definition) is 3. The van der Waals surface area contributed by atoms with Crippen LogP contribution >= 0.6 is 0 Å². The maximum Gasteiger partial charge on any atom is 0.267 e. The number of aromatic nitrogens is 1. The van der Waals surface area contributed by atoms with Crippen LogP contribution in [0.15, 0.2) is 48.7 Å². The van der Waals surface area contributed by atoms with Crippen molar-refractivity contribution >= 4 is 11.6 Å². The van der Waals surface area contributed by atoms with Crippen molar-refractivity contribution in [2.45, 2.75) is 5.60 Å². The van der Waals surface area contributed by atoms with Gasteiger partial charge in [0.15, 0.2) is 0 Å². The average molecular weight is 226 g/mol. The zero-order valence-electron chi connectivity index (χ0n) is 8.92. The topological polar surface area (TPSA) is 62.2 Å². The zero-order chi connectivity index (χ0) is 11.9. The first-order valence-corrected chi connectivity index (χ1v) is 5.28. The average Bonchev–Trinajstić information content (AvgIpc) is 2.64. The van der Waals surface area contributed by atoms with Crippen LogP contribution in [0.4, 0.5) is 5.69 Å². The molecule has 1 atom stereocenters. The fourth-order valence-electron chi connectivity index (χ4n) is 2.07. The Hall–Kier alpha value is -2.20. The minimum Gasteiger partial charge on any atom is -0.370 e. The summed E-state index contributed by atoms with van der Waals surface area (Å²) in [5.41, 5.74) is -0.172. The van der Waals surface area contributed by atoms with Crippen molar-refractivity contribution in [2.75, 3.05) is 5.32 Å². The molecule has 17 heavy (non-hydrogen) atoms. The van der Waals surface area contributed by atoms with Crippen LogP contribution in [-0.4, -0.2) is 16.0 Å². The fraction of sp³-hybridized carbons (Fsp3) is 0.0769. The van der Waals surface area contributed by atoms with E-state index in [1.807, 2.05) is 6.07 Å². The molecular weight excluding hydrogens is 216 g/mol. The van der Waals surface area contributed by atoms with Crippen molar-refractivity contribution < 1.29 is 9.90 Å². The summed E-state index contributed by atoms with van der Waals surface area (Å²) >= 11 is 0. The molecule has 0 spiro atoms. The molecule has 84 valence electrons. The molecule has 1 aromatic carbocycles. The molecule has 1 aliphatic heterocycles. The molecule has 0 radical (unpaired) electrons. The summed E-state index contributed by atoms with van der Waals surface area (Å²) in [5, 5.41) is 13.3. The minimum atomic E-state index is -1.68. The summed E-state index contributed by atoms with van der Waals surface area (Å²) in [6.07, 6.45) is 1.56. The van der Waals surface area contributed by atoms with Gasteiger partial charge in [-0.25, -0.2) is 0 Å². The Morgan fingerprint density at radius 2 is 1.88 bits per heavy atom. The van der Waals surface area contributed by atoms with Gasteiger partial charge in [-0.2, -0.15) is 0 Å². The van der Waals surface area contributed by atoms with E-state index in [0.717, 1.165) is 0 Å². The quantitative estimate of drug-likeness (QED) is 0.769. The predicted molar refractivity (Wildman–Crippen MR) is 62.3 cm³/mol. The maximum absolute atomic E-state index is 12.0. The molecule has 4 nitrogen and oxygen atoms in total. The molecule has 2 N–H and O–H groups in total. The van der Waals surface area contributed by atoms with Crippen LogP contribution in [0.25, 0.3) is 0 Å². The highest BCUT2D eigenvalue weighted by Crippen LogP contribution is 2.39. The highest BCUT2D eigenvalue weighted by atomic mass is 16.3. The second-order valence-electron chi connectivity index (χ2n) is 3.93. The molecule has 1 unspecified atom stereocenters. The number of fused-ring (bicyclic) bond motifs is 1. The number of pyridine rings is 1. The first kappa shape index (κ1) is 9.99. The summed E-state index contributed by atoms with van der Waals surface area (Å²) in [7, 11) is 0. The minimum absolute atomic E-state index is 0.336. The van der Waals surface area contributed by atoms with E-state index in [2.05, 4.69) is 10.3 Å². The van der Waals surface area contributed by atoms with Gasteiger partial charge in [0.25, 0.3) is 5.91 Å². The lowest BCUT2D eigenvalue weighted by molar-refractivity contribution is -0.130. The first-order chi connectivity index (χ1) is 8.23. The molecule has 0 saturated carbocycles. The van der Waals surface area contributed by atoms with Gasteiger partial charge in [0.1, 0.15) is 0 Å². The summed E-state index contributed by atoms with van der Waals surface area (Å²) in [6, 6.07) is 12.2. The number of nitrogens with zero attached hydrogens (tertiary/aromatic N) is 1. The lowest BCUT2D eigenvalue weighted by atomic mass is 9.91. The van der Waals surface area contributed by atoms with Gasteiger partial charge in [-0.3, -0.25) is 9.78 Å². The number of benzene rings is 1. The van der Waals surface area contributed by atoms with E-state index in [9.17, 15) is 9.90 Å². The number of para-hydroxylation sites is 1. The van der Waals surface area contributed by atoms with E-state index in [4.69, 9.17) is 0 Å². The van der Waals surface area contributed by atoms with Crippen molar-refractivity contribution in [3.63, 3.8) is 0 Å². The molecule has 2 heterocycles. The molecule has 0 fully saturated rings. The Morgan fingerprint density at radius 1 is 1.12 bits per heavy atom. The Labute approximate surface area is 97.9 Å². The Kier molecular flexibility index (Phi) is 2.00. The van der Waals surface area contributed by atoms with Gasteiger partial charge in [0.2, 0.25) is 5.60 Å². The largest absolute Gasteiger partial charge is 0.370 e. The van der Waals surface area contributed by atoms with Gasteiger partial charge in [0.05, 0.1) is 5.69 Å². The molecular formula is C13H10N2O2. The Morgan fingerprint density at radius 3 is 2.65 bits per heavy atom. The lowest BCUT2D eigenvalue weighted by Crippen LogP contribution is -2.36. The van der Waals surface area contributed by atoms with Gasteiger partial charge >= 0.3 is 0 Å². The second kappa shape index (κ2) is 3.40. The number of amides is 1. The van der Waals surface area contributed by atoms with Crippen LogP contribution in [0, 0.1) is 0 Å². The van der Waals surface area contributed by atoms with Crippen molar-refractivity contribution in [1.29, 1.82) is 0 Å². The fourth-order valence-corrected chi connectivity index (χ4v) is 2.07. The van der Waals surface area contributed by atoms with Crippen molar-refractivity contribution in [1.82, 2.24) is 4.98 Å². The van der Waals surface area contributed by atoms with Crippen LogP contribution in [0.5, 0.6) is 0 Å². The normalized spacial score (nSPS) is 22.1. The summed E-state index contributed by atoms with van der Waals surface area (Å²) < 4.78 is 0. The number of aliphatic hydroxyl groups is 1. The second-order valence-corrected chi connectivity index (χ2v) is 3.93. The molecule has 0 aliphatic carbocycles. The molecule has 1 aliphatic rings. The summed E-state index contributed by atoms with van der Waals surface area (Å²) in [4.78, 5) is 16.0. The monoisotopic (exact) mass is 226 g/mol. The van der Waals surface area contributed by atoms with E-state index in [-0.39, 0.29) is 0 Å². The SMILES string of the molecule is O=C1Nc2ccccc2C1(O)c1ccccn1. The third-order valence-corrected chi connectivity index (χ3v) is 2.93. The highest BCUT2D eigenvalue weighted by molar-refractivity contribution is 6.06. The van der Waals surface area contributed by atoms with Gasteiger partial charge in [-0.1, -0.05) is 24.3 Å². The molecule has 0 bridgehead atoms. The van der Waals surface area contributed by atoms with E-state index in [1.165, 1.54) is 0 Å². The van der Waals surface area contributed by atoms with Crippen LogP contribution in [0.3, 0.4) is 0 Å². The number of nitrogens with one attached hydrogen (secondary N) is 1. The van der Waals surface area contributed by atoms with E-state index >= 15 is 0 Å². The van der Waals surface area contributed by atoms with Crippen molar-refractivity contribution in [3.8, 4) is 0 Å². The van der Waals surface area contributed by atoms with Crippen LogP contribution in [-0.2, 0) is 10.4 Å². The number of anilines is 1. The first-order valence-electron chi connectivity index (χ1n) is 5.28. The standard InChI is InChI=1S/C13H10N2O2/c16-12-13(17,11-7-3-4-8-14-11)9-5-1-2-6-10(9)15-12/h1-8,17H,(H,15,16). The molecule has 3 rings (SSSR count). The smallest absolute Gasteiger partial charge is 0.267 e. The van der Waals surface area contributed by atoms with Gasteiger partial charge in [-0.15, -0.1) is 0 Å². The predicted octanol–water partition coefficient (Wildman–Crippen LogP) is 1.27. The van der Waals surface area contributed by atoms with Gasteiger partial charge < -0.3 is 10.4 Å². The van der Waals surface area contributed by atoms with Crippen LogP contribution in [0.2, 0.25) is 0 Å². The molecule has 1 amide bonds. The van der Waals surface area contributed by atoms with Gasteiger partial charge in [-0.05, 0) is 18.2 Å². The molecule has 2 aromatic rings. The summed E-state index contributed by atoms with van der Waals surface area (Å²) in [5.74, 6) is -0.461. The lowest BCUT2D eigenvalue weighted by Gasteiger charge is -2.19. The number of carbonyl (C=O) groups is 1. The van der Waals surface area contributed by atoms with Crippen LogP contribution in [0.1, 0.15) is 11.3 Å². The maximum atomic E-state index is 12.0. The van der Waals surface area contributed by atoms with Crippen molar-refractivity contribution in [3.05, 3.63) is 59.9 Å². The van der Waals surface area contributed by atoms with Crippen LogP contribution < -0.4 is 5.32 Å².